The van der Waals surface area contributed by atoms with E-state index < -0.39 is 0 Å². The van der Waals surface area contributed by atoms with Crippen molar-refractivity contribution in [1.29, 1.82) is 0 Å². The zero-order chi connectivity index (χ0) is 48.9. The Hall–Kier alpha value is -8.34. The first-order valence-corrected chi connectivity index (χ1v) is 25.3. The SMILES string of the molecule is Cc1cccc(C)c1N(c1ccc2c(c1)C(C)(C)c1cc3c(cc1-2)-c1c(cc(N(c2c(C)cccc2C)c2cccc4c2oc2ccccc24)c2ccccc12)C3(C)C)c1cccc2c1oc1ccccc12. The Bertz CT molecular complexity index is 4250. The predicted octanol–water partition coefficient (Wildman–Crippen LogP) is 19.4. The van der Waals surface area contributed by atoms with E-state index >= 15 is 0 Å². The molecule has 0 amide bonds. The summed E-state index contributed by atoms with van der Waals surface area (Å²) in [6.45, 7) is 18.6. The molecule has 0 radical (unpaired) electrons. The minimum atomic E-state index is -0.309. The smallest absolute Gasteiger partial charge is 0.159 e. The third-order valence-electron chi connectivity index (χ3n) is 16.5. The zero-order valence-corrected chi connectivity index (χ0v) is 42.0. The number of aryl methyl sites for hydroxylation is 4. The molecule has 0 unspecified atom stereocenters. The Morgan fingerprint density at radius 1 is 0.333 bits per heavy atom. The highest BCUT2D eigenvalue weighted by Gasteiger charge is 2.43. The van der Waals surface area contributed by atoms with Gasteiger partial charge >= 0.3 is 0 Å². The molecule has 2 aliphatic carbocycles. The van der Waals surface area contributed by atoms with Gasteiger partial charge in [-0.15, -0.1) is 0 Å². The molecule has 0 fully saturated rings. The van der Waals surface area contributed by atoms with Crippen LogP contribution >= 0.6 is 0 Å². The second-order valence-corrected chi connectivity index (χ2v) is 21.4. The average molecular weight is 931 g/mol. The minimum absolute atomic E-state index is 0.282. The summed E-state index contributed by atoms with van der Waals surface area (Å²) in [4.78, 5) is 4.93. The highest BCUT2D eigenvalue weighted by Crippen LogP contribution is 2.60. The van der Waals surface area contributed by atoms with Crippen LogP contribution in [0.25, 0.3) is 76.9 Å². The molecule has 348 valence electrons. The van der Waals surface area contributed by atoms with Crippen LogP contribution in [0.4, 0.5) is 34.1 Å². The molecule has 0 spiro atoms. The van der Waals surface area contributed by atoms with Gasteiger partial charge in [-0.1, -0.05) is 161 Å². The Balaban J connectivity index is 0.966. The van der Waals surface area contributed by atoms with E-state index in [0.717, 1.165) is 66.6 Å². The van der Waals surface area contributed by atoms with E-state index in [9.17, 15) is 0 Å². The molecule has 0 saturated heterocycles. The molecule has 0 bridgehead atoms. The standard InChI is InChI=1S/C68H54N2O2/c1-39-19-15-20-40(2)63(39)69(57-29-17-27-49-46-24-11-13-31-60(46)71-65(49)57)43-33-34-44-51-36-52-55(37-54(51)67(5,6)53(44)35-43)68(7,8)56-38-59(45-23-9-10-26-48(45)62(52)56)70(64-41(3)21-16-22-42(64)4)58-30-18-28-50-47-25-12-14-32-61(47)72-66(50)58/h9-38H,1-8H3. The summed E-state index contributed by atoms with van der Waals surface area (Å²) in [5.41, 5.74) is 25.1. The number of nitrogens with zero attached hydrogens (tertiary/aromatic N) is 2. The zero-order valence-electron chi connectivity index (χ0n) is 42.0. The van der Waals surface area contributed by atoms with Gasteiger partial charge in [0.25, 0.3) is 0 Å². The van der Waals surface area contributed by atoms with E-state index in [2.05, 4.69) is 247 Å². The molecule has 0 atom stereocenters. The van der Waals surface area contributed by atoms with Gasteiger partial charge in [0.05, 0.1) is 28.4 Å². The van der Waals surface area contributed by atoms with Gasteiger partial charge in [0.15, 0.2) is 11.2 Å². The fourth-order valence-corrected chi connectivity index (χ4v) is 13.0. The van der Waals surface area contributed by atoms with E-state index in [1.165, 1.54) is 88.9 Å². The molecular formula is C68H54N2O2. The van der Waals surface area contributed by atoms with Gasteiger partial charge in [-0.05, 0) is 148 Å². The summed E-state index contributed by atoms with van der Waals surface area (Å²) >= 11 is 0. The molecule has 2 aromatic heterocycles. The molecule has 0 aliphatic heterocycles. The van der Waals surface area contributed by atoms with Crippen molar-refractivity contribution in [3.05, 3.63) is 226 Å². The molecular weight excluding hydrogens is 877 g/mol. The number of rotatable bonds is 6. The predicted molar refractivity (Wildman–Crippen MR) is 302 cm³/mol. The molecule has 4 heteroatoms. The lowest BCUT2D eigenvalue weighted by Gasteiger charge is -2.32. The summed E-state index contributed by atoms with van der Waals surface area (Å²) in [6.07, 6.45) is 0. The van der Waals surface area contributed by atoms with Crippen LogP contribution in [0, 0.1) is 27.7 Å². The first kappa shape index (κ1) is 42.5. The number of para-hydroxylation sites is 6. The van der Waals surface area contributed by atoms with Crippen LogP contribution in [0.15, 0.2) is 191 Å². The fourth-order valence-electron chi connectivity index (χ4n) is 13.0. The summed E-state index contributed by atoms with van der Waals surface area (Å²) < 4.78 is 13.6. The second-order valence-electron chi connectivity index (χ2n) is 21.4. The maximum absolute atomic E-state index is 6.83. The number of fused-ring (bicyclic) bond motifs is 14. The van der Waals surface area contributed by atoms with Gasteiger partial charge in [-0.25, -0.2) is 0 Å². The Labute approximate surface area is 420 Å². The average Bonchev–Trinajstić information content (AvgIpc) is 4.08. The molecule has 0 N–H and O–H groups in total. The summed E-state index contributed by atoms with van der Waals surface area (Å²) in [5, 5.41) is 6.94. The van der Waals surface area contributed by atoms with E-state index in [4.69, 9.17) is 8.83 Å². The lowest BCUT2D eigenvalue weighted by Crippen LogP contribution is -2.20. The van der Waals surface area contributed by atoms with Gasteiger partial charge in [-0.3, -0.25) is 0 Å². The van der Waals surface area contributed by atoms with Crippen LogP contribution in [0.3, 0.4) is 0 Å². The topological polar surface area (TPSA) is 32.8 Å². The Morgan fingerprint density at radius 3 is 1.39 bits per heavy atom. The molecule has 2 aliphatic rings. The first-order valence-electron chi connectivity index (χ1n) is 25.3. The molecule has 72 heavy (non-hydrogen) atoms. The minimum Gasteiger partial charge on any atom is -0.454 e. The van der Waals surface area contributed by atoms with Crippen molar-refractivity contribution >= 4 is 88.8 Å². The highest BCUT2D eigenvalue weighted by molar-refractivity contribution is 6.15. The summed E-state index contributed by atoms with van der Waals surface area (Å²) in [7, 11) is 0. The quantitative estimate of drug-likeness (QED) is 0.166. The second kappa shape index (κ2) is 15.1. The number of furan rings is 2. The molecule has 2 heterocycles. The van der Waals surface area contributed by atoms with Crippen molar-refractivity contribution in [1.82, 2.24) is 0 Å². The third kappa shape index (κ3) is 5.81. The Morgan fingerprint density at radius 2 is 0.792 bits per heavy atom. The van der Waals surface area contributed by atoms with Crippen LogP contribution in [-0.2, 0) is 10.8 Å². The first-order chi connectivity index (χ1) is 34.9. The largest absolute Gasteiger partial charge is 0.454 e. The highest BCUT2D eigenvalue weighted by atomic mass is 16.3. The van der Waals surface area contributed by atoms with Crippen molar-refractivity contribution in [2.45, 2.75) is 66.2 Å². The van der Waals surface area contributed by atoms with Gasteiger partial charge in [0, 0.05) is 43.4 Å². The molecule has 12 aromatic rings. The van der Waals surface area contributed by atoms with Crippen LogP contribution in [0.5, 0.6) is 0 Å². The van der Waals surface area contributed by atoms with Crippen LogP contribution in [0.2, 0.25) is 0 Å². The van der Waals surface area contributed by atoms with Crippen molar-refractivity contribution in [2.24, 2.45) is 0 Å². The van der Waals surface area contributed by atoms with Crippen molar-refractivity contribution < 1.29 is 8.83 Å². The molecule has 14 rings (SSSR count). The Kier molecular flexibility index (Phi) is 8.91. The van der Waals surface area contributed by atoms with Gasteiger partial charge in [0.1, 0.15) is 11.2 Å². The lowest BCUT2D eigenvalue weighted by molar-refractivity contribution is 0.639. The van der Waals surface area contributed by atoms with Crippen LogP contribution in [0.1, 0.15) is 72.2 Å². The van der Waals surface area contributed by atoms with E-state index in [1.54, 1.807) is 0 Å². The summed E-state index contributed by atoms with van der Waals surface area (Å²) in [5.74, 6) is 0. The van der Waals surface area contributed by atoms with Crippen molar-refractivity contribution in [3.63, 3.8) is 0 Å². The number of benzene rings is 10. The van der Waals surface area contributed by atoms with Crippen molar-refractivity contribution in [2.75, 3.05) is 9.80 Å². The maximum Gasteiger partial charge on any atom is 0.159 e. The third-order valence-corrected chi connectivity index (χ3v) is 16.5. The number of hydrogen-bond acceptors (Lipinski definition) is 4. The summed E-state index contributed by atoms with van der Waals surface area (Å²) in [6, 6.07) is 67.0. The van der Waals surface area contributed by atoms with E-state index in [-0.39, 0.29) is 10.8 Å². The van der Waals surface area contributed by atoms with Crippen molar-refractivity contribution in [3.8, 4) is 22.3 Å². The maximum atomic E-state index is 6.83. The number of hydrogen-bond donors (Lipinski definition) is 0. The van der Waals surface area contributed by atoms with Gasteiger partial charge in [0.2, 0.25) is 0 Å². The monoisotopic (exact) mass is 930 g/mol. The van der Waals surface area contributed by atoms with Gasteiger partial charge < -0.3 is 18.6 Å². The molecule has 10 aromatic carbocycles. The number of anilines is 6. The lowest BCUT2D eigenvalue weighted by atomic mass is 9.77. The molecule has 0 saturated carbocycles. The van der Waals surface area contributed by atoms with E-state index in [0.29, 0.717) is 0 Å². The van der Waals surface area contributed by atoms with Gasteiger partial charge in [-0.2, -0.15) is 0 Å². The van der Waals surface area contributed by atoms with Crippen LogP contribution in [-0.4, -0.2) is 0 Å². The normalized spacial score (nSPS) is 14.1. The molecule has 4 nitrogen and oxygen atoms in total. The van der Waals surface area contributed by atoms with E-state index in [1.807, 2.05) is 0 Å². The van der Waals surface area contributed by atoms with Crippen LogP contribution < -0.4 is 9.80 Å². The fraction of sp³-hybridized carbons (Fsp3) is 0.147.